The van der Waals surface area contributed by atoms with Crippen molar-refractivity contribution >= 4 is 21.6 Å². The monoisotopic (exact) mass is 482 g/mol. The number of aromatic nitrogens is 2. The molecule has 2 heterocycles. The van der Waals surface area contributed by atoms with Gasteiger partial charge in [-0.3, -0.25) is 9.69 Å². The van der Waals surface area contributed by atoms with Gasteiger partial charge in [-0.25, -0.2) is 13.1 Å². The van der Waals surface area contributed by atoms with E-state index >= 15 is 0 Å². The Labute approximate surface area is 198 Å². The molecule has 0 atom stereocenters. The first-order chi connectivity index (χ1) is 16.3. The molecule has 1 aromatic heterocycles. The lowest BCUT2D eigenvalue weighted by molar-refractivity contribution is -0.121. The predicted molar refractivity (Wildman–Crippen MR) is 124 cm³/mol. The normalized spacial score (nSPS) is 16.2. The van der Waals surface area contributed by atoms with Crippen molar-refractivity contribution in [1.82, 2.24) is 14.9 Å². The summed E-state index contributed by atoms with van der Waals surface area (Å²) in [7, 11) is -3.81. The molecule has 1 aliphatic heterocycles. The third kappa shape index (κ3) is 4.30. The molecule has 1 saturated carbocycles. The van der Waals surface area contributed by atoms with E-state index in [-0.39, 0.29) is 30.5 Å². The number of benzene rings is 2. The van der Waals surface area contributed by atoms with Crippen molar-refractivity contribution in [2.24, 2.45) is 0 Å². The number of hydrogen-bond donors (Lipinski definition) is 1. The number of ether oxygens (including phenoxy) is 1. The summed E-state index contributed by atoms with van der Waals surface area (Å²) in [6, 6.07) is 10.7. The van der Waals surface area contributed by atoms with Crippen molar-refractivity contribution < 1.29 is 22.5 Å². The van der Waals surface area contributed by atoms with Gasteiger partial charge in [0.1, 0.15) is 5.75 Å². The topological polar surface area (TPSA) is 115 Å². The van der Waals surface area contributed by atoms with Gasteiger partial charge in [-0.2, -0.15) is 4.98 Å². The zero-order valence-corrected chi connectivity index (χ0v) is 19.9. The van der Waals surface area contributed by atoms with Crippen LogP contribution in [0.2, 0.25) is 0 Å². The molecule has 0 spiro atoms. The Morgan fingerprint density at radius 3 is 2.68 bits per heavy atom. The van der Waals surface area contributed by atoms with Crippen LogP contribution in [0.5, 0.6) is 5.75 Å². The van der Waals surface area contributed by atoms with Gasteiger partial charge in [-0.05, 0) is 49.4 Å². The maximum atomic E-state index is 13.1. The second-order valence-electron chi connectivity index (χ2n) is 8.78. The second kappa shape index (κ2) is 8.84. The predicted octanol–water partition coefficient (Wildman–Crippen LogP) is 3.36. The van der Waals surface area contributed by atoms with Gasteiger partial charge in [0.15, 0.2) is 12.4 Å². The Kier molecular flexibility index (Phi) is 5.86. The molecular formula is C24H26N4O5S. The summed E-state index contributed by atoms with van der Waals surface area (Å²) in [6.07, 6.45) is 3.23. The highest BCUT2D eigenvalue weighted by Gasteiger charge is 2.31. The molecule has 9 nitrogen and oxygen atoms in total. The molecule has 1 aliphatic carbocycles. The van der Waals surface area contributed by atoms with E-state index in [1.165, 1.54) is 11.0 Å². The zero-order chi connectivity index (χ0) is 23.9. The van der Waals surface area contributed by atoms with Crippen LogP contribution in [-0.4, -0.2) is 31.1 Å². The first kappa shape index (κ1) is 22.5. The van der Waals surface area contributed by atoms with E-state index in [0.29, 0.717) is 34.6 Å². The van der Waals surface area contributed by atoms with E-state index in [0.717, 1.165) is 30.4 Å². The van der Waals surface area contributed by atoms with Crippen molar-refractivity contribution in [3.05, 3.63) is 64.8 Å². The molecule has 10 heteroatoms. The number of aryl methyl sites for hydroxylation is 2. The number of nitrogens with zero attached hydrogens (tertiary/aromatic N) is 3. The van der Waals surface area contributed by atoms with Crippen LogP contribution in [0, 0.1) is 13.8 Å². The summed E-state index contributed by atoms with van der Waals surface area (Å²) in [5.74, 6) is 1.40. The van der Waals surface area contributed by atoms with Crippen LogP contribution in [0.25, 0.3) is 0 Å². The Hall–Kier alpha value is -3.24. The quantitative estimate of drug-likeness (QED) is 0.549. The smallest absolute Gasteiger partial charge is 0.265 e. The van der Waals surface area contributed by atoms with Crippen LogP contribution < -0.4 is 14.4 Å². The fraction of sp³-hybridized carbons (Fsp3) is 0.375. The molecule has 5 rings (SSSR count). The summed E-state index contributed by atoms with van der Waals surface area (Å²) < 4.78 is 39.8. The molecule has 0 radical (unpaired) electrons. The minimum atomic E-state index is -3.81. The lowest BCUT2D eigenvalue weighted by Gasteiger charge is -2.29. The van der Waals surface area contributed by atoms with Gasteiger partial charge in [0.2, 0.25) is 15.9 Å². The van der Waals surface area contributed by atoms with Gasteiger partial charge in [0.05, 0.1) is 17.1 Å². The van der Waals surface area contributed by atoms with Crippen molar-refractivity contribution in [1.29, 1.82) is 0 Å². The van der Waals surface area contributed by atoms with E-state index in [9.17, 15) is 13.2 Å². The largest absolute Gasteiger partial charge is 0.482 e. The van der Waals surface area contributed by atoms with Crippen LogP contribution in [0.3, 0.4) is 0 Å². The van der Waals surface area contributed by atoms with Gasteiger partial charge in [-0.1, -0.05) is 35.8 Å². The molecule has 178 valence electrons. The minimum Gasteiger partial charge on any atom is -0.482 e. The lowest BCUT2D eigenvalue weighted by atomic mass is 9.85. The molecule has 0 unspecified atom stereocenters. The summed E-state index contributed by atoms with van der Waals surface area (Å²) in [6.45, 7) is 3.75. The highest BCUT2D eigenvalue weighted by atomic mass is 32.2. The third-order valence-electron chi connectivity index (χ3n) is 6.44. The molecule has 1 fully saturated rings. The second-order valence-corrected chi connectivity index (χ2v) is 10.5. The van der Waals surface area contributed by atoms with Crippen molar-refractivity contribution in [2.75, 3.05) is 11.5 Å². The molecule has 2 aromatic carbocycles. The molecule has 2 aliphatic rings. The van der Waals surface area contributed by atoms with Crippen molar-refractivity contribution in [3.8, 4) is 5.75 Å². The van der Waals surface area contributed by atoms with Gasteiger partial charge < -0.3 is 9.26 Å². The number of hydrogen-bond acceptors (Lipinski definition) is 7. The number of anilines is 1. The average Bonchev–Trinajstić information content (AvgIpc) is 3.21. The highest BCUT2D eigenvalue weighted by molar-refractivity contribution is 7.89. The number of carbonyl (C=O) groups excluding carboxylic acids is 1. The molecular weight excluding hydrogens is 456 g/mol. The molecule has 3 aromatic rings. The van der Waals surface area contributed by atoms with Gasteiger partial charge in [0.25, 0.3) is 5.91 Å². The Morgan fingerprint density at radius 2 is 1.94 bits per heavy atom. The standard InChI is InChI=1S/C24H26N4O5S/c1-15-6-3-4-7-18(15)12-25-34(30,31)21-11-20-19(10-16(21)2)28(23(29)14-32-20)13-22-26-24(33-27-22)17-8-5-9-17/h3-4,6-7,10-11,17,25H,5,8-9,12-14H2,1-2H3. The first-order valence-electron chi connectivity index (χ1n) is 11.3. The maximum absolute atomic E-state index is 13.1. The van der Waals surface area contributed by atoms with E-state index < -0.39 is 10.0 Å². The number of fused-ring (bicyclic) bond motifs is 1. The number of rotatable bonds is 7. The summed E-state index contributed by atoms with van der Waals surface area (Å²) in [5.41, 5.74) is 2.90. The van der Waals surface area contributed by atoms with Crippen molar-refractivity contribution in [2.45, 2.75) is 57.0 Å². The van der Waals surface area contributed by atoms with E-state index in [2.05, 4.69) is 14.9 Å². The number of carbonyl (C=O) groups is 1. The van der Waals surface area contributed by atoms with Gasteiger partial charge in [0, 0.05) is 18.5 Å². The summed E-state index contributed by atoms with van der Waals surface area (Å²) >= 11 is 0. The molecule has 1 amide bonds. The molecule has 0 bridgehead atoms. The van der Waals surface area contributed by atoms with Gasteiger partial charge >= 0.3 is 0 Å². The zero-order valence-electron chi connectivity index (χ0n) is 19.1. The molecule has 1 N–H and O–H groups in total. The van der Waals surface area contributed by atoms with E-state index in [4.69, 9.17) is 9.26 Å². The Morgan fingerprint density at radius 1 is 1.15 bits per heavy atom. The van der Waals surface area contributed by atoms with Crippen LogP contribution >= 0.6 is 0 Å². The molecule has 34 heavy (non-hydrogen) atoms. The van der Waals surface area contributed by atoms with Crippen LogP contribution in [-0.2, 0) is 27.9 Å². The van der Waals surface area contributed by atoms with Crippen LogP contribution in [0.1, 0.15) is 53.6 Å². The number of amides is 1. The van der Waals surface area contributed by atoms with Crippen LogP contribution in [0.15, 0.2) is 45.8 Å². The highest BCUT2D eigenvalue weighted by Crippen LogP contribution is 2.38. The van der Waals surface area contributed by atoms with E-state index in [1.807, 2.05) is 31.2 Å². The fourth-order valence-electron chi connectivity index (χ4n) is 4.15. The Bertz CT molecular complexity index is 1350. The number of sulfonamides is 1. The first-order valence-corrected chi connectivity index (χ1v) is 12.7. The van der Waals surface area contributed by atoms with Crippen LogP contribution in [0.4, 0.5) is 5.69 Å². The van der Waals surface area contributed by atoms with Crippen molar-refractivity contribution in [3.63, 3.8) is 0 Å². The van der Waals surface area contributed by atoms with Gasteiger partial charge in [-0.15, -0.1) is 0 Å². The maximum Gasteiger partial charge on any atom is 0.265 e. The lowest BCUT2D eigenvalue weighted by Crippen LogP contribution is -2.38. The summed E-state index contributed by atoms with van der Waals surface area (Å²) in [5, 5.41) is 4.03. The summed E-state index contributed by atoms with van der Waals surface area (Å²) in [4.78, 5) is 18.7. The SMILES string of the molecule is Cc1ccccc1CNS(=O)(=O)c1cc2c(cc1C)N(Cc1noc(C3CCC3)n1)C(=O)CO2. The molecule has 0 saturated heterocycles. The van der Waals surface area contributed by atoms with E-state index in [1.54, 1.807) is 13.0 Å². The minimum absolute atomic E-state index is 0.112. The fourth-order valence-corrected chi connectivity index (χ4v) is 5.39. The number of nitrogens with one attached hydrogen (secondary N) is 1. The Balaban J connectivity index is 1.39. The average molecular weight is 483 g/mol. The third-order valence-corrected chi connectivity index (χ3v) is 7.98.